The van der Waals surface area contributed by atoms with Gasteiger partial charge in [-0.15, -0.1) is 0 Å². The van der Waals surface area contributed by atoms with Crippen LogP contribution in [0.4, 0.5) is 0 Å². The highest BCUT2D eigenvalue weighted by Crippen LogP contribution is 2.07. The number of likely N-dealkylation sites (N-methyl/N-ethyl adjacent to an activating group) is 1. The molecule has 0 radical (unpaired) electrons. The third kappa shape index (κ3) is 4.70. The highest BCUT2D eigenvalue weighted by molar-refractivity contribution is 5.97. The SMILES string of the molecule is CCN(CC(C)(C)O)C(=O)C(C)NC(=O)c1ccoc1. The minimum atomic E-state index is -0.972. The average molecular weight is 282 g/mol. The number of rotatable bonds is 6. The summed E-state index contributed by atoms with van der Waals surface area (Å²) in [4.78, 5) is 25.6. The van der Waals surface area contributed by atoms with Crippen LogP contribution in [0, 0.1) is 0 Å². The van der Waals surface area contributed by atoms with Crippen LogP contribution >= 0.6 is 0 Å². The molecule has 1 heterocycles. The maximum Gasteiger partial charge on any atom is 0.255 e. The Balaban J connectivity index is 2.63. The van der Waals surface area contributed by atoms with Gasteiger partial charge in [0, 0.05) is 13.1 Å². The van der Waals surface area contributed by atoms with E-state index in [1.807, 2.05) is 6.92 Å². The number of nitrogens with one attached hydrogen (secondary N) is 1. The van der Waals surface area contributed by atoms with Gasteiger partial charge in [-0.25, -0.2) is 0 Å². The number of hydrogen-bond acceptors (Lipinski definition) is 4. The molecule has 1 unspecified atom stereocenters. The Bertz CT molecular complexity index is 448. The van der Waals surface area contributed by atoms with E-state index in [0.717, 1.165) is 0 Å². The zero-order valence-electron chi connectivity index (χ0n) is 12.3. The molecule has 0 aliphatic rings. The van der Waals surface area contributed by atoms with Crippen molar-refractivity contribution in [1.82, 2.24) is 10.2 Å². The van der Waals surface area contributed by atoms with Crippen LogP contribution in [0.15, 0.2) is 23.0 Å². The topological polar surface area (TPSA) is 82.8 Å². The van der Waals surface area contributed by atoms with Crippen molar-refractivity contribution in [1.29, 1.82) is 0 Å². The van der Waals surface area contributed by atoms with Crippen molar-refractivity contribution in [2.75, 3.05) is 13.1 Å². The zero-order valence-corrected chi connectivity index (χ0v) is 12.3. The first-order chi connectivity index (χ1) is 9.24. The van der Waals surface area contributed by atoms with Gasteiger partial charge in [0.15, 0.2) is 0 Å². The number of hydrogen-bond donors (Lipinski definition) is 2. The molecule has 0 spiro atoms. The zero-order chi connectivity index (χ0) is 15.3. The van der Waals surface area contributed by atoms with Crippen LogP contribution in [0.5, 0.6) is 0 Å². The highest BCUT2D eigenvalue weighted by atomic mass is 16.3. The molecule has 2 N–H and O–H groups in total. The molecule has 0 saturated carbocycles. The van der Waals surface area contributed by atoms with E-state index in [9.17, 15) is 14.7 Å². The molecule has 112 valence electrons. The molecule has 6 nitrogen and oxygen atoms in total. The molecule has 20 heavy (non-hydrogen) atoms. The second kappa shape index (κ2) is 6.56. The van der Waals surface area contributed by atoms with E-state index in [1.54, 1.807) is 20.8 Å². The van der Waals surface area contributed by atoms with Crippen LogP contribution in [-0.2, 0) is 4.79 Å². The van der Waals surface area contributed by atoms with Gasteiger partial charge in [-0.2, -0.15) is 0 Å². The number of carbonyl (C=O) groups excluding carboxylic acids is 2. The molecule has 0 aliphatic heterocycles. The molecule has 6 heteroatoms. The molecule has 1 aromatic rings. The highest BCUT2D eigenvalue weighted by Gasteiger charge is 2.26. The molecular weight excluding hydrogens is 260 g/mol. The van der Waals surface area contributed by atoms with Gasteiger partial charge in [0.1, 0.15) is 12.3 Å². The van der Waals surface area contributed by atoms with E-state index in [0.29, 0.717) is 12.1 Å². The number of furan rings is 1. The van der Waals surface area contributed by atoms with Gasteiger partial charge in [0.05, 0.1) is 17.4 Å². The first kappa shape index (κ1) is 16.2. The molecule has 1 rings (SSSR count). The molecular formula is C14H22N2O4. The summed E-state index contributed by atoms with van der Waals surface area (Å²) in [7, 11) is 0. The summed E-state index contributed by atoms with van der Waals surface area (Å²) < 4.78 is 4.82. The van der Waals surface area contributed by atoms with Crippen LogP contribution in [0.2, 0.25) is 0 Å². The number of carbonyl (C=O) groups is 2. The van der Waals surface area contributed by atoms with Crippen molar-refractivity contribution < 1.29 is 19.1 Å². The maximum atomic E-state index is 12.2. The normalized spacial score (nSPS) is 12.8. The smallest absolute Gasteiger partial charge is 0.255 e. The fourth-order valence-electron chi connectivity index (χ4n) is 1.82. The standard InChI is InChI=1S/C14H22N2O4/c1-5-16(9-14(3,4)19)13(18)10(2)15-12(17)11-6-7-20-8-11/h6-8,10,19H,5,9H2,1-4H3,(H,15,17). The molecule has 0 saturated heterocycles. The Morgan fingerprint density at radius 3 is 2.60 bits per heavy atom. The number of nitrogens with zero attached hydrogens (tertiary/aromatic N) is 1. The van der Waals surface area contributed by atoms with Crippen molar-refractivity contribution in [3.05, 3.63) is 24.2 Å². The Kier molecular flexibility index (Phi) is 5.33. The second-order valence-electron chi connectivity index (χ2n) is 5.37. The van der Waals surface area contributed by atoms with Gasteiger partial charge in [-0.3, -0.25) is 9.59 Å². The summed E-state index contributed by atoms with van der Waals surface area (Å²) in [5, 5.41) is 12.4. The molecule has 1 aromatic heterocycles. The quantitative estimate of drug-likeness (QED) is 0.816. The predicted octanol–water partition coefficient (Wildman–Crippen LogP) is 1.02. The lowest BCUT2D eigenvalue weighted by molar-refractivity contribution is -0.135. The van der Waals surface area contributed by atoms with Gasteiger partial charge >= 0.3 is 0 Å². The third-order valence-electron chi connectivity index (χ3n) is 2.77. The molecule has 0 aromatic carbocycles. The number of amides is 2. The van der Waals surface area contributed by atoms with E-state index in [2.05, 4.69) is 5.32 Å². The lowest BCUT2D eigenvalue weighted by atomic mass is 10.1. The van der Waals surface area contributed by atoms with Crippen molar-refractivity contribution in [2.24, 2.45) is 0 Å². The van der Waals surface area contributed by atoms with Gasteiger partial charge in [-0.05, 0) is 33.8 Å². The van der Waals surface area contributed by atoms with Gasteiger partial charge in [-0.1, -0.05) is 0 Å². The summed E-state index contributed by atoms with van der Waals surface area (Å²) in [5.41, 5.74) is -0.602. The first-order valence-corrected chi connectivity index (χ1v) is 6.59. The van der Waals surface area contributed by atoms with Gasteiger partial charge in [0.2, 0.25) is 5.91 Å². The first-order valence-electron chi connectivity index (χ1n) is 6.59. The largest absolute Gasteiger partial charge is 0.472 e. The molecule has 0 bridgehead atoms. The Labute approximate surface area is 118 Å². The van der Waals surface area contributed by atoms with Crippen LogP contribution in [0.25, 0.3) is 0 Å². The fourth-order valence-corrected chi connectivity index (χ4v) is 1.82. The van der Waals surface area contributed by atoms with Crippen molar-refractivity contribution in [2.45, 2.75) is 39.3 Å². The summed E-state index contributed by atoms with van der Waals surface area (Å²) in [6.45, 7) is 7.40. The molecule has 0 fully saturated rings. The second-order valence-corrected chi connectivity index (χ2v) is 5.37. The lowest BCUT2D eigenvalue weighted by Gasteiger charge is -2.30. The Morgan fingerprint density at radius 1 is 1.50 bits per heavy atom. The van der Waals surface area contributed by atoms with Crippen molar-refractivity contribution >= 4 is 11.8 Å². The monoisotopic (exact) mass is 282 g/mol. The van der Waals surface area contributed by atoms with Gasteiger partial charge < -0.3 is 19.7 Å². The van der Waals surface area contributed by atoms with E-state index in [4.69, 9.17) is 4.42 Å². The molecule has 1 atom stereocenters. The third-order valence-corrected chi connectivity index (χ3v) is 2.77. The summed E-state index contributed by atoms with van der Waals surface area (Å²) in [6, 6.07) is 0.862. The number of aliphatic hydroxyl groups is 1. The Hall–Kier alpha value is -1.82. The van der Waals surface area contributed by atoms with E-state index < -0.39 is 11.6 Å². The van der Waals surface area contributed by atoms with Gasteiger partial charge in [0.25, 0.3) is 5.91 Å². The van der Waals surface area contributed by atoms with E-state index in [1.165, 1.54) is 23.5 Å². The minimum Gasteiger partial charge on any atom is -0.472 e. The summed E-state index contributed by atoms with van der Waals surface area (Å²) >= 11 is 0. The predicted molar refractivity (Wildman–Crippen MR) is 74.2 cm³/mol. The van der Waals surface area contributed by atoms with Crippen LogP contribution in [0.1, 0.15) is 38.1 Å². The molecule has 2 amide bonds. The average Bonchev–Trinajstić information content (AvgIpc) is 2.87. The maximum absolute atomic E-state index is 12.2. The minimum absolute atomic E-state index is 0.217. The Morgan fingerprint density at radius 2 is 2.15 bits per heavy atom. The summed E-state index contributed by atoms with van der Waals surface area (Å²) in [5.74, 6) is -0.592. The van der Waals surface area contributed by atoms with Crippen molar-refractivity contribution in [3.63, 3.8) is 0 Å². The van der Waals surface area contributed by atoms with Crippen molar-refractivity contribution in [3.8, 4) is 0 Å². The lowest BCUT2D eigenvalue weighted by Crippen LogP contribution is -2.50. The van der Waals surface area contributed by atoms with E-state index >= 15 is 0 Å². The van der Waals surface area contributed by atoms with Crippen LogP contribution in [0.3, 0.4) is 0 Å². The van der Waals surface area contributed by atoms with E-state index in [-0.39, 0.29) is 18.4 Å². The fraction of sp³-hybridized carbons (Fsp3) is 0.571. The van der Waals surface area contributed by atoms with Crippen LogP contribution in [-0.4, -0.2) is 46.6 Å². The molecule has 0 aliphatic carbocycles. The van der Waals surface area contributed by atoms with Crippen LogP contribution < -0.4 is 5.32 Å². The summed E-state index contributed by atoms with van der Waals surface area (Å²) in [6.07, 6.45) is 2.72.